The molecule has 0 radical (unpaired) electrons. The highest BCUT2D eigenvalue weighted by atomic mass is 32.2. The van der Waals surface area contributed by atoms with Crippen LogP contribution < -0.4 is 4.72 Å². The molecule has 1 atom stereocenters. The standard InChI is InChI=1S/C12H17N3O2S2/c1-10(15-6-2-3-7-15)9-14-19(16,17)12-5-4-11(8-13)18-12/h4-5,10,14H,2-3,6-7,9H2,1H3. The lowest BCUT2D eigenvalue weighted by molar-refractivity contribution is 0.260. The molecule has 2 heterocycles. The van der Waals surface area contributed by atoms with Gasteiger partial charge in [0.05, 0.1) is 0 Å². The summed E-state index contributed by atoms with van der Waals surface area (Å²) < 4.78 is 26.9. The lowest BCUT2D eigenvalue weighted by Crippen LogP contribution is -2.40. The fourth-order valence-corrected chi connectivity index (χ4v) is 4.41. The lowest BCUT2D eigenvalue weighted by atomic mass is 10.3. The monoisotopic (exact) mass is 299 g/mol. The highest BCUT2D eigenvalue weighted by Crippen LogP contribution is 2.20. The maximum atomic E-state index is 12.1. The number of thiophene rings is 1. The Hall–Kier alpha value is -0.940. The van der Waals surface area contributed by atoms with Crippen molar-refractivity contribution in [2.75, 3.05) is 19.6 Å². The third-order valence-electron chi connectivity index (χ3n) is 3.29. The van der Waals surface area contributed by atoms with Crippen molar-refractivity contribution in [1.82, 2.24) is 9.62 Å². The smallest absolute Gasteiger partial charge is 0.250 e. The second kappa shape index (κ2) is 6.01. The van der Waals surface area contributed by atoms with Gasteiger partial charge in [-0.15, -0.1) is 11.3 Å². The van der Waals surface area contributed by atoms with Crippen LogP contribution in [-0.4, -0.2) is 39.0 Å². The van der Waals surface area contributed by atoms with Gasteiger partial charge in [0, 0.05) is 12.6 Å². The molecule has 1 saturated heterocycles. The molecule has 0 spiro atoms. The van der Waals surface area contributed by atoms with Crippen LogP contribution >= 0.6 is 11.3 Å². The summed E-state index contributed by atoms with van der Waals surface area (Å²) in [6, 6.07) is 5.16. The summed E-state index contributed by atoms with van der Waals surface area (Å²) in [5, 5.41) is 8.72. The molecule has 1 aliphatic rings. The molecule has 0 aromatic carbocycles. The van der Waals surface area contributed by atoms with Crippen LogP contribution in [0.2, 0.25) is 0 Å². The molecule has 1 aromatic heterocycles. The van der Waals surface area contributed by atoms with Crippen molar-refractivity contribution < 1.29 is 8.42 Å². The van der Waals surface area contributed by atoms with Crippen molar-refractivity contribution in [3.8, 4) is 6.07 Å². The zero-order chi connectivity index (χ0) is 13.9. The molecule has 0 aliphatic carbocycles. The Bertz CT molecular complexity index is 568. The molecule has 1 unspecified atom stereocenters. The van der Waals surface area contributed by atoms with Crippen LogP contribution in [0.15, 0.2) is 16.3 Å². The van der Waals surface area contributed by atoms with E-state index in [4.69, 9.17) is 5.26 Å². The summed E-state index contributed by atoms with van der Waals surface area (Å²) in [4.78, 5) is 2.70. The second-order valence-electron chi connectivity index (χ2n) is 4.67. The van der Waals surface area contributed by atoms with Gasteiger partial charge in [0.15, 0.2) is 0 Å². The van der Waals surface area contributed by atoms with Crippen LogP contribution in [0.1, 0.15) is 24.6 Å². The molecule has 1 aromatic rings. The van der Waals surface area contributed by atoms with Crippen LogP contribution in [0.25, 0.3) is 0 Å². The van der Waals surface area contributed by atoms with Crippen molar-refractivity contribution in [3.63, 3.8) is 0 Å². The van der Waals surface area contributed by atoms with Crippen LogP contribution in [0.5, 0.6) is 0 Å². The molecule has 0 bridgehead atoms. The fourth-order valence-electron chi connectivity index (χ4n) is 2.14. The highest BCUT2D eigenvalue weighted by molar-refractivity contribution is 7.91. The fraction of sp³-hybridized carbons (Fsp3) is 0.583. The molecular formula is C12H17N3O2S2. The first-order valence-electron chi connectivity index (χ1n) is 6.26. The lowest BCUT2D eigenvalue weighted by Gasteiger charge is -2.23. The largest absolute Gasteiger partial charge is 0.299 e. The van der Waals surface area contributed by atoms with Crippen LogP contribution in [0, 0.1) is 11.3 Å². The van der Waals surface area contributed by atoms with E-state index in [0.717, 1.165) is 24.4 Å². The third kappa shape index (κ3) is 3.54. The second-order valence-corrected chi connectivity index (χ2v) is 7.75. The first-order chi connectivity index (χ1) is 9.03. The van der Waals surface area contributed by atoms with Gasteiger partial charge in [-0.1, -0.05) is 0 Å². The summed E-state index contributed by atoms with van der Waals surface area (Å²) in [5.41, 5.74) is 0. The minimum atomic E-state index is -3.48. The summed E-state index contributed by atoms with van der Waals surface area (Å²) >= 11 is 0.999. The van der Waals surface area contributed by atoms with Gasteiger partial charge >= 0.3 is 0 Å². The first-order valence-corrected chi connectivity index (χ1v) is 8.56. The Morgan fingerprint density at radius 2 is 2.16 bits per heavy atom. The molecule has 5 nitrogen and oxygen atoms in total. The van der Waals surface area contributed by atoms with E-state index in [1.807, 2.05) is 13.0 Å². The van der Waals surface area contributed by atoms with Crippen molar-refractivity contribution in [2.45, 2.75) is 30.0 Å². The average Bonchev–Trinajstić information content (AvgIpc) is 3.06. The van der Waals surface area contributed by atoms with Gasteiger partial charge < -0.3 is 0 Å². The van der Waals surface area contributed by atoms with Crippen molar-refractivity contribution in [3.05, 3.63) is 17.0 Å². The van der Waals surface area contributed by atoms with E-state index in [1.165, 1.54) is 25.0 Å². The van der Waals surface area contributed by atoms with Gasteiger partial charge in [-0.2, -0.15) is 5.26 Å². The number of likely N-dealkylation sites (tertiary alicyclic amines) is 1. The Morgan fingerprint density at radius 3 is 2.74 bits per heavy atom. The Balaban J connectivity index is 1.95. The van der Waals surface area contributed by atoms with Gasteiger partial charge in [-0.25, -0.2) is 13.1 Å². The zero-order valence-corrected chi connectivity index (χ0v) is 12.4. The van der Waals surface area contributed by atoms with E-state index in [9.17, 15) is 8.42 Å². The van der Waals surface area contributed by atoms with E-state index in [2.05, 4.69) is 9.62 Å². The predicted octanol–water partition coefficient (Wildman–Crippen LogP) is 1.38. The van der Waals surface area contributed by atoms with Crippen molar-refractivity contribution in [2.24, 2.45) is 0 Å². The van der Waals surface area contributed by atoms with E-state index in [1.54, 1.807) is 0 Å². The molecule has 0 amide bonds. The Kier molecular flexibility index (Phi) is 4.58. The minimum absolute atomic E-state index is 0.202. The molecule has 19 heavy (non-hydrogen) atoms. The summed E-state index contributed by atoms with van der Waals surface area (Å²) in [5.74, 6) is 0. The number of rotatable bonds is 5. The first kappa shape index (κ1) is 14.5. The van der Waals surface area contributed by atoms with Crippen LogP contribution in [0.3, 0.4) is 0 Å². The van der Waals surface area contributed by atoms with Gasteiger partial charge in [-0.05, 0) is 45.0 Å². The number of sulfonamides is 1. The SMILES string of the molecule is CC(CNS(=O)(=O)c1ccc(C#N)s1)N1CCCC1. The summed E-state index contributed by atoms with van der Waals surface area (Å²) in [7, 11) is -3.48. The number of nitriles is 1. The van der Waals surface area contributed by atoms with Crippen molar-refractivity contribution in [1.29, 1.82) is 5.26 Å². The normalized spacial score (nSPS) is 18.3. The topological polar surface area (TPSA) is 73.2 Å². The van der Waals surface area contributed by atoms with Gasteiger partial charge in [-0.3, -0.25) is 4.90 Å². The van der Waals surface area contributed by atoms with Crippen LogP contribution in [-0.2, 0) is 10.0 Å². The Labute approximate surface area is 117 Å². The molecule has 1 aliphatic heterocycles. The Morgan fingerprint density at radius 1 is 1.47 bits per heavy atom. The quantitative estimate of drug-likeness (QED) is 0.891. The molecule has 1 N–H and O–H groups in total. The summed E-state index contributed by atoms with van der Waals surface area (Å²) in [6.45, 7) is 4.52. The van der Waals surface area contributed by atoms with E-state index < -0.39 is 10.0 Å². The van der Waals surface area contributed by atoms with Gasteiger partial charge in [0.1, 0.15) is 15.2 Å². The zero-order valence-electron chi connectivity index (χ0n) is 10.8. The minimum Gasteiger partial charge on any atom is -0.299 e. The number of nitrogens with one attached hydrogen (secondary N) is 1. The highest BCUT2D eigenvalue weighted by Gasteiger charge is 2.22. The van der Waals surface area contributed by atoms with E-state index in [-0.39, 0.29) is 10.3 Å². The number of hydrogen-bond acceptors (Lipinski definition) is 5. The molecule has 104 valence electrons. The maximum Gasteiger partial charge on any atom is 0.250 e. The number of hydrogen-bond donors (Lipinski definition) is 1. The number of nitrogens with zero attached hydrogens (tertiary/aromatic N) is 2. The predicted molar refractivity (Wildman–Crippen MR) is 74.5 cm³/mol. The summed E-state index contributed by atoms with van der Waals surface area (Å²) in [6.07, 6.45) is 2.38. The third-order valence-corrected chi connectivity index (χ3v) is 6.19. The van der Waals surface area contributed by atoms with Crippen LogP contribution in [0.4, 0.5) is 0 Å². The van der Waals surface area contributed by atoms with Crippen molar-refractivity contribution >= 4 is 21.4 Å². The molecule has 1 fully saturated rings. The molecule has 2 rings (SSSR count). The van der Waals surface area contributed by atoms with Gasteiger partial charge in [0.2, 0.25) is 10.0 Å². The molecule has 0 saturated carbocycles. The van der Waals surface area contributed by atoms with E-state index >= 15 is 0 Å². The van der Waals surface area contributed by atoms with Gasteiger partial charge in [0.25, 0.3) is 0 Å². The van der Waals surface area contributed by atoms with E-state index in [0.29, 0.717) is 11.4 Å². The maximum absolute atomic E-state index is 12.1. The molecule has 7 heteroatoms. The molecular weight excluding hydrogens is 282 g/mol. The average molecular weight is 299 g/mol.